The van der Waals surface area contributed by atoms with Gasteiger partial charge in [-0.25, -0.2) is 0 Å². The normalized spacial score (nSPS) is 49.7. The molecule has 0 aromatic carbocycles. The lowest BCUT2D eigenvalue weighted by molar-refractivity contribution is -0.116. The van der Waals surface area contributed by atoms with Gasteiger partial charge in [-0.1, -0.05) is 26.0 Å². The molecule has 2 fully saturated rings. The first kappa shape index (κ1) is 14.3. The molecule has 0 aromatic heterocycles. The van der Waals surface area contributed by atoms with E-state index in [1.54, 1.807) is 0 Å². The number of hydrogen-bond donors (Lipinski definition) is 0. The van der Waals surface area contributed by atoms with Crippen LogP contribution in [0.4, 0.5) is 0 Å². The maximum Gasteiger partial charge on any atom is 0.156 e. The Labute approximate surface area is 134 Å². The van der Waals surface area contributed by atoms with E-state index in [-0.39, 0.29) is 5.41 Å². The first-order valence-corrected chi connectivity index (χ1v) is 8.88. The van der Waals surface area contributed by atoms with Crippen LogP contribution < -0.4 is 0 Å². The molecule has 0 radical (unpaired) electrons. The van der Waals surface area contributed by atoms with Crippen molar-refractivity contribution in [2.24, 2.45) is 34.5 Å². The van der Waals surface area contributed by atoms with Crippen LogP contribution in [0.1, 0.15) is 52.4 Å². The SMILES string of the molecule is C#CC1CCC2C3C=CC4=CC(=O)CCC4(C)C3CCC12C. The highest BCUT2D eigenvalue weighted by molar-refractivity contribution is 5.92. The molecule has 1 nitrogen and oxygen atoms in total. The number of allylic oxidation sites excluding steroid dienone is 4. The highest BCUT2D eigenvalue weighted by Gasteiger charge is 2.57. The Morgan fingerprint density at radius 1 is 1.18 bits per heavy atom. The Balaban J connectivity index is 1.74. The molecular formula is C21H26O. The van der Waals surface area contributed by atoms with Gasteiger partial charge in [-0.3, -0.25) is 4.79 Å². The van der Waals surface area contributed by atoms with Gasteiger partial charge in [0.2, 0.25) is 0 Å². The molecule has 0 N–H and O–H groups in total. The van der Waals surface area contributed by atoms with Crippen molar-refractivity contribution in [1.82, 2.24) is 0 Å². The third kappa shape index (κ3) is 1.70. The van der Waals surface area contributed by atoms with E-state index in [2.05, 4.69) is 31.9 Å². The van der Waals surface area contributed by atoms with E-state index in [1.165, 1.54) is 31.3 Å². The van der Waals surface area contributed by atoms with Crippen LogP contribution >= 0.6 is 0 Å². The third-order valence-electron chi connectivity index (χ3n) is 7.72. The van der Waals surface area contributed by atoms with Gasteiger partial charge < -0.3 is 0 Å². The maximum atomic E-state index is 11.8. The van der Waals surface area contributed by atoms with Crippen LogP contribution in [0.3, 0.4) is 0 Å². The van der Waals surface area contributed by atoms with E-state index >= 15 is 0 Å². The quantitative estimate of drug-likeness (QED) is 0.599. The topological polar surface area (TPSA) is 17.1 Å². The summed E-state index contributed by atoms with van der Waals surface area (Å²) >= 11 is 0. The van der Waals surface area contributed by atoms with Crippen LogP contribution in [0.25, 0.3) is 0 Å². The van der Waals surface area contributed by atoms with Gasteiger partial charge in [0.1, 0.15) is 0 Å². The largest absolute Gasteiger partial charge is 0.295 e. The summed E-state index contributed by atoms with van der Waals surface area (Å²) in [6, 6.07) is 0. The molecule has 0 bridgehead atoms. The van der Waals surface area contributed by atoms with Gasteiger partial charge in [0, 0.05) is 12.3 Å². The summed E-state index contributed by atoms with van der Waals surface area (Å²) in [7, 11) is 0. The van der Waals surface area contributed by atoms with E-state index < -0.39 is 0 Å². The summed E-state index contributed by atoms with van der Waals surface area (Å²) in [5.74, 6) is 5.96. The molecular weight excluding hydrogens is 268 g/mol. The predicted molar refractivity (Wildman–Crippen MR) is 88.9 cm³/mol. The standard InChI is InChI=1S/C21H26O/c1-4-14-6-8-18-17-7-5-15-13-16(22)9-11-21(15,3)19(17)10-12-20(14,18)2/h1,5,7,13-14,17-19H,6,8-12H2,2-3H3. The van der Waals surface area contributed by atoms with Crippen LogP contribution in [0.5, 0.6) is 0 Å². The average molecular weight is 294 g/mol. The van der Waals surface area contributed by atoms with Crippen LogP contribution in [-0.2, 0) is 4.79 Å². The van der Waals surface area contributed by atoms with E-state index in [0.29, 0.717) is 29.0 Å². The number of terminal acetylenes is 1. The van der Waals surface area contributed by atoms with E-state index in [9.17, 15) is 4.79 Å². The third-order valence-corrected chi connectivity index (χ3v) is 7.72. The first-order chi connectivity index (χ1) is 10.5. The minimum atomic E-state index is 0.211. The van der Waals surface area contributed by atoms with Crippen molar-refractivity contribution in [2.75, 3.05) is 0 Å². The fourth-order valence-corrected chi connectivity index (χ4v) is 6.27. The fraction of sp³-hybridized carbons (Fsp3) is 0.667. The number of carbonyl (C=O) groups is 1. The maximum absolute atomic E-state index is 11.8. The zero-order valence-electron chi connectivity index (χ0n) is 13.8. The molecule has 0 heterocycles. The molecule has 0 saturated heterocycles. The van der Waals surface area contributed by atoms with Crippen LogP contribution in [0.15, 0.2) is 23.8 Å². The summed E-state index contributed by atoms with van der Waals surface area (Å²) in [5.41, 5.74) is 1.84. The van der Waals surface area contributed by atoms with Gasteiger partial charge in [-0.05, 0) is 72.3 Å². The van der Waals surface area contributed by atoms with Crippen LogP contribution in [0, 0.1) is 46.8 Å². The Hall–Kier alpha value is -1.29. The van der Waals surface area contributed by atoms with Gasteiger partial charge in [-0.15, -0.1) is 12.3 Å². The van der Waals surface area contributed by atoms with Crippen molar-refractivity contribution in [2.45, 2.75) is 52.4 Å². The lowest BCUT2D eigenvalue weighted by atomic mass is 9.48. The monoisotopic (exact) mass is 294 g/mol. The molecule has 22 heavy (non-hydrogen) atoms. The number of ketones is 1. The zero-order valence-corrected chi connectivity index (χ0v) is 13.8. The first-order valence-electron chi connectivity index (χ1n) is 8.88. The minimum absolute atomic E-state index is 0.211. The van der Waals surface area contributed by atoms with Crippen molar-refractivity contribution >= 4 is 5.78 Å². The summed E-state index contributed by atoms with van der Waals surface area (Å²) in [6.07, 6.45) is 19.2. The van der Waals surface area contributed by atoms with Crippen molar-refractivity contribution in [3.05, 3.63) is 23.8 Å². The Bertz CT molecular complexity index is 618. The smallest absolute Gasteiger partial charge is 0.156 e. The number of fused-ring (bicyclic) bond motifs is 5. The second-order valence-corrected chi connectivity index (χ2v) is 8.47. The molecule has 0 amide bonds. The molecule has 1 heteroatoms. The fourth-order valence-electron chi connectivity index (χ4n) is 6.27. The molecule has 2 saturated carbocycles. The van der Waals surface area contributed by atoms with E-state index in [1.807, 2.05) is 6.08 Å². The van der Waals surface area contributed by atoms with Gasteiger partial charge in [0.15, 0.2) is 5.78 Å². The van der Waals surface area contributed by atoms with Crippen molar-refractivity contribution in [1.29, 1.82) is 0 Å². The molecule has 0 spiro atoms. The molecule has 4 rings (SSSR count). The highest BCUT2D eigenvalue weighted by atomic mass is 16.1. The van der Waals surface area contributed by atoms with Crippen molar-refractivity contribution in [3.63, 3.8) is 0 Å². The summed E-state index contributed by atoms with van der Waals surface area (Å²) in [4.78, 5) is 11.8. The summed E-state index contributed by atoms with van der Waals surface area (Å²) in [6.45, 7) is 4.85. The average Bonchev–Trinajstić information content (AvgIpc) is 2.84. The minimum Gasteiger partial charge on any atom is -0.295 e. The van der Waals surface area contributed by atoms with Crippen LogP contribution in [-0.4, -0.2) is 5.78 Å². The van der Waals surface area contributed by atoms with Crippen molar-refractivity contribution < 1.29 is 4.79 Å². The summed E-state index contributed by atoms with van der Waals surface area (Å²) < 4.78 is 0. The molecule has 6 unspecified atom stereocenters. The zero-order chi connectivity index (χ0) is 15.5. The van der Waals surface area contributed by atoms with E-state index in [4.69, 9.17) is 6.42 Å². The highest BCUT2D eigenvalue weighted by Crippen LogP contribution is 2.64. The number of rotatable bonds is 0. The predicted octanol–water partition coefficient (Wildman–Crippen LogP) is 4.54. The Morgan fingerprint density at radius 2 is 2.00 bits per heavy atom. The Kier molecular flexibility index (Phi) is 3.00. The molecule has 116 valence electrons. The van der Waals surface area contributed by atoms with Gasteiger partial charge in [-0.2, -0.15) is 0 Å². The number of hydrogen-bond acceptors (Lipinski definition) is 1. The molecule has 0 aromatic rings. The van der Waals surface area contributed by atoms with E-state index in [0.717, 1.165) is 18.8 Å². The summed E-state index contributed by atoms with van der Waals surface area (Å²) in [5, 5.41) is 0. The molecule has 4 aliphatic rings. The van der Waals surface area contributed by atoms with Gasteiger partial charge >= 0.3 is 0 Å². The molecule has 0 aliphatic heterocycles. The molecule has 4 aliphatic carbocycles. The van der Waals surface area contributed by atoms with Crippen LogP contribution in [0.2, 0.25) is 0 Å². The second kappa shape index (κ2) is 4.60. The van der Waals surface area contributed by atoms with Crippen molar-refractivity contribution in [3.8, 4) is 12.3 Å². The lowest BCUT2D eigenvalue weighted by Gasteiger charge is -2.55. The van der Waals surface area contributed by atoms with Gasteiger partial charge in [0.25, 0.3) is 0 Å². The van der Waals surface area contributed by atoms with Gasteiger partial charge in [0.05, 0.1) is 0 Å². The number of carbonyl (C=O) groups excluding carboxylic acids is 1. The lowest BCUT2D eigenvalue weighted by Crippen LogP contribution is -2.48. The second-order valence-electron chi connectivity index (χ2n) is 8.47. The molecule has 6 atom stereocenters. The Morgan fingerprint density at radius 3 is 2.77 bits per heavy atom.